The van der Waals surface area contributed by atoms with Crippen LogP contribution in [0.3, 0.4) is 0 Å². The molecule has 0 heterocycles. The van der Waals surface area contributed by atoms with Gasteiger partial charge >= 0.3 is 12.0 Å². The predicted octanol–water partition coefficient (Wildman–Crippen LogP) is 3.39. The van der Waals surface area contributed by atoms with Gasteiger partial charge in [-0.1, -0.05) is 0 Å². The molecule has 0 aliphatic carbocycles. The van der Waals surface area contributed by atoms with Crippen LogP contribution >= 0.6 is 15.9 Å². The number of nitro groups is 1. The van der Waals surface area contributed by atoms with Crippen LogP contribution in [-0.2, 0) is 0 Å². The third-order valence-electron chi connectivity index (χ3n) is 1.40. The van der Waals surface area contributed by atoms with Gasteiger partial charge in [-0.3, -0.25) is 10.1 Å². The first-order valence-corrected chi connectivity index (χ1v) is 4.39. The van der Waals surface area contributed by atoms with Gasteiger partial charge in [0.2, 0.25) is 5.75 Å². The summed E-state index contributed by atoms with van der Waals surface area (Å²) < 4.78 is 51.3. The molecule has 9 heteroatoms. The standard InChI is InChI=1S/C7H2BrF4NO3/c8-4-1-3(9)2-5(6(4)13(14)15)16-7(10,11)12/h1-2H. The summed E-state index contributed by atoms with van der Waals surface area (Å²) >= 11 is 2.58. The van der Waals surface area contributed by atoms with Gasteiger partial charge in [0.15, 0.2) is 0 Å². The van der Waals surface area contributed by atoms with Crippen molar-refractivity contribution >= 4 is 21.6 Å². The zero-order valence-electron chi connectivity index (χ0n) is 7.22. The highest BCUT2D eigenvalue weighted by atomic mass is 79.9. The lowest BCUT2D eigenvalue weighted by Crippen LogP contribution is -2.18. The second kappa shape index (κ2) is 4.24. The van der Waals surface area contributed by atoms with E-state index in [2.05, 4.69) is 20.7 Å². The van der Waals surface area contributed by atoms with Crippen molar-refractivity contribution in [1.29, 1.82) is 0 Å². The second-order valence-corrected chi connectivity index (χ2v) is 3.39. The molecule has 0 unspecified atom stereocenters. The van der Waals surface area contributed by atoms with E-state index in [-0.39, 0.29) is 6.07 Å². The molecule has 88 valence electrons. The van der Waals surface area contributed by atoms with Crippen molar-refractivity contribution < 1.29 is 27.2 Å². The molecular weight excluding hydrogens is 302 g/mol. The first-order valence-electron chi connectivity index (χ1n) is 3.60. The number of rotatable bonds is 2. The zero-order valence-corrected chi connectivity index (χ0v) is 8.80. The molecule has 0 aliphatic heterocycles. The molecule has 1 rings (SSSR count). The molecule has 0 atom stereocenters. The van der Waals surface area contributed by atoms with Crippen LogP contribution in [-0.4, -0.2) is 11.3 Å². The summed E-state index contributed by atoms with van der Waals surface area (Å²) in [6.45, 7) is 0. The molecule has 1 aromatic rings. The fourth-order valence-electron chi connectivity index (χ4n) is 0.922. The maximum atomic E-state index is 12.7. The highest BCUT2D eigenvalue weighted by molar-refractivity contribution is 9.10. The number of hydrogen-bond acceptors (Lipinski definition) is 3. The number of benzene rings is 1. The van der Waals surface area contributed by atoms with Crippen molar-refractivity contribution in [3.05, 3.63) is 32.5 Å². The molecular formula is C7H2BrF4NO3. The Kier molecular flexibility index (Phi) is 3.36. The molecule has 1 aromatic carbocycles. The van der Waals surface area contributed by atoms with E-state index in [0.717, 1.165) is 0 Å². The summed E-state index contributed by atoms with van der Waals surface area (Å²) in [6.07, 6.45) is -5.13. The SMILES string of the molecule is O=[N+]([O-])c1c(Br)cc(F)cc1OC(F)(F)F. The summed E-state index contributed by atoms with van der Waals surface area (Å²) in [4.78, 5) is 9.34. The average Bonchev–Trinajstić information content (AvgIpc) is 1.96. The summed E-state index contributed by atoms with van der Waals surface area (Å²) in [5.41, 5.74) is -0.987. The highest BCUT2D eigenvalue weighted by Crippen LogP contribution is 2.38. The van der Waals surface area contributed by atoms with Crippen LogP contribution in [0.5, 0.6) is 5.75 Å². The van der Waals surface area contributed by atoms with Gasteiger partial charge in [-0.15, -0.1) is 13.2 Å². The van der Waals surface area contributed by atoms with Crippen LogP contribution in [0.4, 0.5) is 23.2 Å². The van der Waals surface area contributed by atoms with Crippen molar-refractivity contribution in [3.8, 4) is 5.75 Å². The molecule has 16 heavy (non-hydrogen) atoms. The van der Waals surface area contributed by atoms with E-state index in [1.54, 1.807) is 0 Å². The van der Waals surface area contributed by atoms with Gasteiger partial charge in [0.25, 0.3) is 0 Å². The summed E-state index contributed by atoms with van der Waals surface area (Å²) in [6, 6.07) is 0.956. The third kappa shape index (κ3) is 3.05. The number of halogens is 5. The first-order chi connectivity index (χ1) is 7.20. The zero-order chi connectivity index (χ0) is 12.5. The lowest BCUT2D eigenvalue weighted by Gasteiger charge is -2.09. The van der Waals surface area contributed by atoms with Crippen LogP contribution in [0.25, 0.3) is 0 Å². The van der Waals surface area contributed by atoms with E-state index in [4.69, 9.17) is 0 Å². The molecule has 0 aliphatic rings. The van der Waals surface area contributed by atoms with Crippen LogP contribution in [0, 0.1) is 15.9 Å². The smallest absolute Gasteiger partial charge is 0.398 e. The maximum Gasteiger partial charge on any atom is 0.573 e. The fraction of sp³-hybridized carbons (Fsp3) is 0.143. The van der Waals surface area contributed by atoms with Crippen molar-refractivity contribution in [2.45, 2.75) is 6.36 Å². The van der Waals surface area contributed by atoms with E-state index in [1.165, 1.54) is 0 Å². The van der Waals surface area contributed by atoms with Crippen molar-refractivity contribution in [2.24, 2.45) is 0 Å². The summed E-state index contributed by atoms with van der Waals surface area (Å²) in [5.74, 6) is -2.29. The Hall–Kier alpha value is -1.38. The Bertz CT molecular complexity index is 434. The Labute approximate surface area is 94.1 Å². The van der Waals surface area contributed by atoms with Crippen molar-refractivity contribution in [2.75, 3.05) is 0 Å². The van der Waals surface area contributed by atoms with Gasteiger partial charge in [-0.2, -0.15) is 0 Å². The van der Waals surface area contributed by atoms with Gasteiger partial charge in [-0.05, 0) is 22.0 Å². The largest absolute Gasteiger partial charge is 0.573 e. The molecule has 0 saturated heterocycles. The molecule has 4 nitrogen and oxygen atoms in total. The fourth-order valence-corrected chi connectivity index (χ4v) is 1.48. The Morgan fingerprint density at radius 3 is 2.38 bits per heavy atom. The lowest BCUT2D eigenvalue weighted by molar-refractivity contribution is -0.389. The summed E-state index contributed by atoms with van der Waals surface area (Å²) in [5, 5.41) is 10.4. The van der Waals surface area contributed by atoms with Gasteiger partial charge < -0.3 is 4.74 Å². The Morgan fingerprint density at radius 2 is 1.94 bits per heavy atom. The lowest BCUT2D eigenvalue weighted by atomic mass is 10.3. The number of alkyl halides is 3. The van der Waals surface area contributed by atoms with Crippen LogP contribution in [0.1, 0.15) is 0 Å². The number of nitro benzene ring substituents is 1. The van der Waals surface area contributed by atoms with E-state index in [9.17, 15) is 27.7 Å². The third-order valence-corrected chi connectivity index (χ3v) is 2.01. The van der Waals surface area contributed by atoms with Gasteiger partial charge in [0, 0.05) is 6.07 Å². The molecule has 0 aromatic heterocycles. The minimum Gasteiger partial charge on any atom is -0.398 e. The second-order valence-electron chi connectivity index (χ2n) is 2.54. The quantitative estimate of drug-likeness (QED) is 0.478. The van der Waals surface area contributed by atoms with Crippen LogP contribution < -0.4 is 4.74 Å². The molecule has 0 saturated carbocycles. The van der Waals surface area contributed by atoms with E-state index in [0.29, 0.717) is 6.07 Å². The average molecular weight is 304 g/mol. The van der Waals surface area contributed by atoms with Crippen LogP contribution in [0.15, 0.2) is 16.6 Å². The highest BCUT2D eigenvalue weighted by Gasteiger charge is 2.35. The number of nitrogens with zero attached hydrogens (tertiary/aromatic N) is 1. The molecule has 0 amide bonds. The molecule has 0 spiro atoms. The molecule has 0 fully saturated rings. The van der Waals surface area contributed by atoms with Crippen molar-refractivity contribution in [3.63, 3.8) is 0 Å². The van der Waals surface area contributed by atoms with Crippen LogP contribution in [0.2, 0.25) is 0 Å². The number of ether oxygens (including phenoxy) is 1. The number of hydrogen-bond donors (Lipinski definition) is 0. The van der Waals surface area contributed by atoms with E-state index in [1.807, 2.05) is 0 Å². The van der Waals surface area contributed by atoms with Crippen molar-refractivity contribution in [1.82, 2.24) is 0 Å². The van der Waals surface area contributed by atoms with E-state index < -0.39 is 33.0 Å². The van der Waals surface area contributed by atoms with E-state index >= 15 is 0 Å². The molecule has 0 bridgehead atoms. The predicted molar refractivity (Wildman–Crippen MR) is 47.4 cm³/mol. The minimum absolute atomic E-state index is 0.288. The monoisotopic (exact) mass is 303 g/mol. The van der Waals surface area contributed by atoms with Gasteiger partial charge in [0.1, 0.15) is 10.3 Å². The topological polar surface area (TPSA) is 52.4 Å². The Balaban J connectivity index is 3.30. The summed E-state index contributed by atoms with van der Waals surface area (Å²) in [7, 11) is 0. The van der Waals surface area contributed by atoms with Gasteiger partial charge in [-0.25, -0.2) is 4.39 Å². The Morgan fingerprint density at radius 1 is 1.38 bits per heavy atom. The normalized spacial score (nSPS) is 11.3. The minimum atomic E-state index is -5.13. The first kappa shape index (κ1) is 12.7. The molecule has 0 N–H and O–H groups in total. The van der Waals surface area contributed by atoms with Gasteiger partial charge in [0.05, 0.1) is 4.92 Å². The maximum absolute atomic E-state index is 12.7. The molecule has 0 radical (unpaired) electrons.